The zero-order valence-corrected chi connectivity index (χ0v) is 15.6. The SMILES string of the molecule is CC(C)(C)C(=O)N1Cc2cc(-c3cccc(F)c3)ccc2-n2nncc2C1. The maximum absolute atomic E-state index is 13.6. The Morgan fingerprint density at radius 3 is 2.59 bits per heavy atom. The third-order valence-electron chi connectivity index (χ3n) is 4.73. The molecular weight excluding hydrogens is 343 g/mol. The van der Waals surface area contributed by atoms with Crippen LogP contribution in [0.4, 0.5) is 4.39 Å². The van der Waals surface area contributed by atoms with Crippen molar-refractivity contribution >= 4 is 5.91 Å². The van der Waals surface area contributed by atoms with Gasteiger partial charge in [0.25, 0.3) is 0 Å². The molecule has 0 unspecified atom stereocenters. The molecular formula is C21H21FN4O. The van der Waals surface area contributed by atoms with Crippen LogP contribution in [0, 0.1) is 11.2 Å². The first-order valence-electron chi connectivity index (χ1n) is 8.91. The summed E-state index contributed by atoms with van der Waals surface area (Å²) in [6.45, 7) is 6.67. The smallest absolute Gasteiger partial charge is 0.228 e. The van der Waals surface area contributed by atoms with Crippen molar-refractivity contribution < 1.29 is 9.18 Å². The highest BCUT2D eigenvalue weighted by Gasteiger charge is 2.31. The second kappa shape index (κ2) is 6.30. The number of hydrogen-bond acceptors (Lipinski definition) is 3. The van der Waals surface area contributed by atoms with Crippen molar-refractivity contribution in [2.75, 3.05) is 0 Å². The molecule has 0 saturated heterocycles. The summed E-state index contributed by atoms with van der Waals surface area (Å²) >= 11 is 0. The topological polar surface area (TPSA) is 51.0 Å². The Labute approximate surface area is 157 Å². The molecule has 0 N–H and O–H groups in total. The number of nitrogens with zero attached hydrogens (tertiary/aromatic N) is 4. The van der Waals surface area contributed by atoms with E-state index in [4.69, 9.17) is 0 Å². The van der Waals surface area contributed by atoms with Crippen LogP contribution in [0.3, 0.4) is 0 Å². The van der Waals surface area contributed by atoms with E-state index < -0.39 is 5.41 Å². The molecule has 1 amide bonds. The van der Waals surface area contributed by atoms with E-state index in [2.05, 4.69) is 10.3 Å². The number of rotatable bonds is 1. The Morgan fingerprint density at radius 2 is 1.85 bits per heavy atom. The lowest BCUT2D eigenvalue weighted by Crippen LogP contribution is -2.38. The number of aromatic nitrogens is 3. The number of halogens is 1. The van der Waals surface area contributed by atoms with Crippen molar-refractivity contribution in [1.29, 1.82) is 0 Å². The van der Waals surface area contributed by atoms with Gasteiger partial charge in [0.05, 0.1) is 24.1 Å². The molecule has 5 nitrogen and oxygen atoms in total. The molecule has 138 valence electrons. The summed E-state index contributed by atoms with van der Waals surface area (Å²) in [6.07, 6.45) is 1.69. The van der Waals surface area contributed by atoms with Gasteiger partial charge in [-0.1, -0.05) is 44.2 Å². The van der Waals surface area contributed by atoms with Crippen LogP contribution in [0.5, 0.6) is 0 Å². The third-order valence-corrected chi connectivity index (χ3v) is 4.73. The van der Waals surface area contributed by atoms with E-state index in [1.54, 1.807) is 16.9 Å². The molecule has 0 spiro atoms. The average molecular weight is 364 g/mol. The summed E-state index contributed by atoms with van der Waals surface area (Å²) in [4.78, 5) is 14.8. The van der Waals surface area contributed by atoms with Crippen molar-refractivity contribution in [2.45, 2.75) is 33.9 Å². The normalized spacial score (nSPS) is 13.7. The molecule has 1 aromatic heterocycles. The van der Waals surface area contributed by atoms with Gasteiger partial charge < -0.3 is 4.90 Å². The number of fused-ring (bicyclic) bond motifs is 3. The minimum atomic E-state index is -0.483. The van der Waals surface area contributed by atoms with Crippen LogP contribution >= 0.6 is 0 Å². The summed E-state index contributed by atoms with van der Waals surface area (Å²) in [5, 5.41) is 8.22. The Kier molecular flexibility index (Phi) is 4.06. The van der Waals surface area contributed by atoms with Gasteiger partial charge in [-0.05, 0) is 41.0 Å². The van der Waals surface area contributed by atoms with Gasteiger partial charge in [0.2, 0.25) is 5.91 Å². The highest BCUT2D eigenvalue weighted by Crippen LogP contribution is 2.30. The van der Waals surface area contributed by atoms with Gasteiger partial charge in [-0.15, -0.1) is 5.10 Å². The van der Waals surface area contributed by atoms with Crippen LogP contribution < -0.4 is 0 Å². The highest BCUT2D eigenvalue weighted by molar-refractivity contribution is 5.82. The molecule has 2 aromatic carbocycles. The van der Waals surface area contributed by atoms with Crippen molar-refractivity contribution in [1.82, 2.24) is 19.9 Å². The Hall–Kier alpha value is -3.02. The van der Waals surface area contributed by atoms with Gasteiger partial charge in [-0.2, -0.15) is 0 Å². The van der Waals surface area contributed by atoms with Crippen molar-refractivity contribution in [2.24, 2.45) is 5.41 Å². The van der Waals surface area contributed by atoms with Crippen molar-refractivity contribution in [3.8, 4) is 16.8 Å². The second-order valence-corrected chi connectivity index (χ2v) is 7.90. The lowest BCUT2D eigenvalue weighted by molar-refractivity contribution is -0.140. The summed E-state index contributed by atoms with van der Waals surface area (Å²) in [6, 6.07) is 12.4. The maximum Gasteiger partial charge on any atom is 0.228 e. The Morgan fingerprint density at radius 1 is 1.07 bits per heavy atom. The molecule has 1 aliphatic heterocycles. The first-order valence-corrected chi connectivity index (χ1v) is 8.91. The molecule has 0 bridgehead atoms. The molecule has 4 rings (SSSR count). The van der Waals surface area contributed by atoms with E-state index in [1.807, 2.05) is 49.9 Å². The standard InChI is InChI=1S/C21H21FN4O/c1-21(2,3)20(27)25-12-16-9-15(14-5-4-6-17(22)10-14)7-8-19(16)26-18(13-25)11-23-24-26/h4-11H,12-13H2,1-3H3. The predicted octanol–water partition coefficient (Wildman–Crippen LogP) is 3.96. The predicted molar refractivity (Wildman–Crippen MR) is 100 cm³/mol. The fourth-order valence-corrected chi connectivity index (χ4v) is 3.41. The van der Waals surface area contributed by atoms with Gasteiger partial charge in [0.1, 0.15) is 5.82 Å². The molecule has 0 fully saturated rings. The van der Waals surface area contributed by atoms with Gasteiger partial charge in [0.15, 0.2) is 0 Å². The van der Waals surface area contributed by atoms with Crippen molar-refractivity contribution in [3.63, 3.8) is 0 Å². The fourth-order valence-electron chi connectivity index (χ4n) is 3.41. The minimum Gasteiger partial charge on any atom is -0.332 e. The molecule has 0 saturated carbocycles. The second-order valence-electron chi connectivity index (χ2n) is 7.90. The average Bonchev–Trinajstić information content (AvgIpc) is 3.01. The lowest BCUT2D eigenvalue weighted by Gasteiger charge is -2.28. The van der Waals surface area contributed by atoms with Gasteiger partial charge >= 0.3 is 0 Å². The first kappa shape index (κ1) is 17.4. The monoisotopic (exact) mass is 364 g/mol. The van der Waals surface area contributed by atoms with Crippen LogP contribution in [0.1, 0.15) is 32.0 Å². The maximum atomic E-state index is 13.6. The Bertz CT molecular complexity index is 1020. The number of hydrogen-bond donors (Lipinski definition) is 0. The van der Waals surface area contributed by atoms with E-state index in [1.165, 1.54) is 12.1 Å². The molecule has 1 aliphatic rings. The van der Waals surface area contributed by atoms with Gasteiger partial charge in [-0.25, -0.2) is 9.07 Å². The van der Waals surface area contributed by atoms with Crippen LogP contribution in [-0.4, -0.2) is 25.8 Å². The van der Waals surface area contributed by atoms with Crippen LogP contribution in [-0.2, 0) is 17.9 Å². The summed E-state index contributed by atoms with van der Waals surface area (Å²) in [5.74, 6) is -0.204. The van der Waals surface area contributed by atoms with E-state index in [0.29, 0.717) is 13.1 Å². The zero-order valence-electron chi connectivity index (χ0n) is 15.6. The molecule has 2 heterocycles. The number of carbonyl (C=O) groups excluding carboxylic acids is 1. The number of amides is 1. The quantitative estimate of drug-likeness (QED) is 0.657. The van der Waals surface area contributed by atoms with E-state index in [-0.39, 0.29) is 11.7 Å². The molecule has 0 atom stereocenters. The summed E-state index contributed by atoms with van der Waals surface area (Å²) in [7, 11) is 0. The summed E-state index contributed by atoms with van der Waals surface area (Å²) in [5.41, 5.74) is 3.94. The Balaban J connectivity index is 1.82. The third kappa shape index (κ3) is 3.23. The fraction of sp³-hybridized carbons (Fsp3) is 0.286. The number of carbonyl (C=O) groups is 1. The van der Waals surface area contributed by atoms with Gasteiger partial charge in [0, 0.05) is 12.0 Å². The molecule has 0 aliphatic carbocycles. The molecule has 3 aromatic rings. The molecule has 0 radical (unpaired) electrons. The first-order chi connectivity index (χ1) is 12.8. The minimum absolute atomic E-state index is 0.0688. The largest absolute Gasteiger partial charge is 0.332 e. The van der Waals surface area contributed by atoms with Crippen molar-refractivity contribution in [3.05, 3.63) is 65.7 Å². The van der Waals surface area contributed by atoms with Gasteiger partial charge in [-0.3, -0.25) is 4.79 Å². The highest BCUT2D eigenvalue weighted by atomic mass is 19.1. The zero-order chi connectivity index (χ0) is 19.2. The van der Waals surface area contributed by atoms with Crippen LogP contribution in [0.2, 0.25) is 0 Å². The summed E-state index contributed by atoms with van der Waals surface area (Å²) < 4.78 is 15.4. The van der Waals surface area contributed by atoms with E-state index in [0.717, 1.165) is 28.1 Å². The molecule has 27 heavy (non-hydrogen) atoms. The van der Waals surface area contributed by atoms with E-state index >= 15 is 0 Å². The number of benzene rings is 2. The lowest BCUT2D eigenvalue weighted by atomic mass is 9.94. The van der Waals surface area contributed by atoms with E-state index in [9.17, 15) is 9.18 Å². The molecule has 6 heteroatoms. The van der Waals surface area contributed by atoms with Crippen LogP contribution in [0.15, 0.2) is 48.7 Å². The van der Waals surface area contributed by atoms with Crippen LogP contribution in [0.25, 0.3) is 16.8 Å².